The summed E-state index contributed by atoms with van der Waals surface area (Å²) in [6.45, 7) is 1.52. The minimum atomic E-state index is -1.67. The molecule has 4 atom stereocenters. The second-order valence-corrected chi connectivity index (χ2v) is 13.0. The smallest absolute Gasteiger partial charge is 0.254 e. The van der Waals surface area contributed by atoms with Gasteiger partial charge in [-0.3, -0.25) is 14.5 Å². The monoisotopic (exact) mass is 610 g/mol. The Bertz CT molecular complexity index is 1430. The van der Waals surface area contributed by atoms with Crippen LogP contribution in [0.15, 0.2) is 28.7 Å². The maximum absolute atomic E-state index is 14.4. The average Bonchev–Trinajstić information content (AvgIpc) is 2.96. The molecular weight excluding hydrogens is 564 g/mol. The Kier molecular flexibility index (Phi) is 8.85. The number of carbonyl (C=O) groups excluding carboxylic acids is 2. The molecule has 1 saturated carbocycles. The number of Topliss-reactive ketones (excluding diaryl/α,β-unsaturated/α-hetero) is 1. The lowest BCUT2D eigenvalue weighted by atomic mass is 9.58. The Morgan fingerprint density at radius 2 is 1.80 bits per heavy atom. The van der Waals surface area contributed by atoms with Crippen LogP contribution in [0.5, 0.6) is 11.5 Å². The first-order chi connectivity index (χ1) is 20.9. The van der Waals surface area contributed by atoms with Crippen molar-refractivity contribution in [3.63, 3.8) is 0 Å². The molecule has 1 amide bonds. The molecule has 5 rings (SSSR count). The second kappa shape index (κ2) is 12.2. The van der Waals surface area contributed by atoms with E-state index in [-0.39, 0.29) is 45.6 Å². The summed E-state index contributed by atoms with van der Waals surface area (Å²) in [5, 5.41) is 31.7. The highest BCUT2D eigenvalue weighted by molar-refractivity contribution is 6.26. The predicted octanol–water partition coefficient (Wildman–Crippen LogP) is 3.33. The first kappa shape index (κ1) is 32.0. The minimum absolute atomic E-state index is 0.0923. The molecule has 0 radical (unpaired) electrons. The topological polar surface area (TPSA) is 159 Å². The molecule has 5 N–H and O–H groups in total. The molecule has 0 bridgehead atoms. The number of benzene rings is 1. The fraction of sp³-hybridized carbons (Fsp3) is 0.606. The van der Waals surface area contributed by atoms with E-state index in [0.29, 0.717) is 36.6 Å². The van der Waals surface area contributed by atoms with Crippen molar-refractivity contribution in [3.8, 4) is 11.5 Å². The van der Waals surface area contributed by atoms with Crippen molar-refractivity contribution in [1.29, 1.82) is 5.41 Å². The van der Waals surface area contributed by atoms with Crippen LogP contribution < -0.4 is 10.5 Å². The van der Waals surface area contributed by atoms with Crippen LogP contribution >= 0.6 is 0 Å². The van der Waals surface area contributed by atoms with Gasteiger partial charge in [0.05, 0.1) is 31.5 Å². The number of nitrogens with two attached hydrogens (primary N) is 1. The number of fused-ring (bicyclic) bond motifs is 3. The van der Waals surface area contributed by atoms with E-state index < -0.39 is 29.3 Å². The molecule has 44 heavy (non-hydrogen) atoms. The quantitative estimate of drug-likeness (QED) is 0.329. The summed E-state index contributed by atoms with van der Waals surface area (Å²) in [7, 11) is 9.98. The van der Waals surface area contributed by atoms with E-state index in [9.17, 15) is 19.8 Å². The van der Waals surface area contributed by atoms with E-state index in [1.165, 1.54) is 46.3 Å². The number of carbonyl (C=O) groups is 2. The molecule has 4 aliphatic carbocycles. The number of nitrogens with one attached hydrogen (secondary N) is 1. The number of amides is 1. The number of aliphatic hydroxyl groups is 1. The number of ketones is 1. The number of methoxy groups -OCH3 is 3. The molecule has 1 fully saturated rings. The van der Waals surface area contributed by atoms with E-state index in [4.69, 9.17) is 25.4 Å². The molecule has 0 heterocycles. The van der Waals surface area contributed by atoms with Crippen LogP contribution in [-0.4, -0.2) is 98.1 Å². The molecule has 0 aliphatic heterocycles. The van der Waals surface area contributed by atoms with Crippen molar-refractivity contribution in [2.24, 2.45) is 23.5 Å². The number of hydrogen-bond donors (Lipinski definition) is 4. The van der Waals surface area contributed by atoms with Crippen molar-refractivity contribution >= 4 is 17.4 Å². The van der Waals surface area contributed by atoms with Gasteiger partial charge in [-0.05, 0) is 64.7 Å². The lowest BCUT2D eigenvalue weighted by Crippen LogP contribution is -2.64. The molecule has 11 heteroatoms. The van der Waals surface area contributed by atoms with Crippen molar-refractivity contribution < 1.29 is 34.0 Å². The first-order valence-electron chi connectivity index (χ1n) is 15.4. The number of primary amides is 1. The molecule has 1 aromatic rings. The van der Waals surface area contributed by atoms with Gasteiger partial charge >= 0.3 is 0 Å². The highest BCUT2D eigenvalue weighted by atomic mass is 16.5. The van der Waals surface area contributed by atoms with Gasteiger partial charge in [-0.1, -0.05) is 19.3 Å². The van der Waals surface area contributed by atoms with E-state index in [1.807, 2.05) is 0 Å². The number of likely N-dealkylation sites (N-methyl/N-ethyl adjacent to an activating group) is 1. The number of aromatic hydroxyl groups is 1. The largest absolute Gasteiger partial charge is 0.510 e. The normalized spacial score (nSPS) is 27.4. The Hall–Kier alpha value is -3.41. The van der Waals surface area contributed by atoms with Gasteiger partial charge in [0, 0.05) is 42.8 Å². The van der Waals surface area contributed by atoms with Gasteiger partial charge in [-0.25, -0.2) is 0 Å². The van der Waals surface area contributed by atoms with Crippen LogP contribution in [-0.2, 0) is 27.2 Å². The average molecular weight is 611 g/mol. The molecule has 4 aliphatic rings. The predicted molar refractivity (Wildman–Crippen MR) is 165 cm³/mol. The lowest BCUT2D eigenvalue weighted by Gasteiger charge is -2.53. The number of phenols is 1. The molecule has 240 valence electrons. The zero-order valence-electron chi connectivity index (χ0n) is 26.7. The van der Waals surface area contributed by atoms with Gasteiger partial charge in [-0.2, -0.15) is 0 Å². The number of hydrogen-bond acceptors (Lipinski definition) is 10. The molecular formula is C33H46N4O7. The number of ether oxygens (including phenoxy) is 3. The summed E-state index contributed by atoms with van der Waals surface area (Å²) >= 11 is 0. The third kappa shape index (κ3) is 4.89. The first-order valence-corrected chi connectivity index (χ1v) is 15.4. The maximum atomic E-state index is 14.4. The van der Waals surface area contributed by atoms with Gasteiger partial charge in [0.1, 0.15) is 28.6 Å². The number of rotatable bonds is 9. The number of nitrogens with zero attached hydrogens (tertiary/aromatic N) is 2. The standard InChI is InChI=1S/C33H46N4O7/c1-36(2)26-21-13-18-12-20-24(22(38)14-19(29(20)42-4)16-37(3)15-17-10-8-7-9-11-17)27(39)23(18)31(43-5)33(21,44-6)30(34)25(28(26)40)32(35)41/h14,17-18,21,26,34,38,40H,7-13,15-16H2,1-6H3,(H2,35,41)/t18-,21?,26?,33+/m0/s1. The number of allylic oxidation sites excluding steroid dienone is 1. The van der Waals surface area contributed by atoms with Crippen molar-refractivity contribution in [2.45, 2.75) is 63.1 Å². The summed E-state index contributed by atoms with van der Waals surface area (Å²) in [4.78, 5) is 30.9. The van der Waals surface area contributed by atoms with Crippen LogP contribution in [0.25, 0.3) is 0 Å². The van der Waals surface area contributed by atoms with E-state index in [1.54, 1.807) is 32.2 Å². The van der Waals surface area contributed by atoms with Crippen LogP contribution in [0.4, 0.5) is 0 Å². The van der Waals surface area contributed by atoms with E-state index >= 15 is 0 Å². The fourth-order valence-corrected chi connectivity index (χ4v) is 8.51. The minimum Gasteiger partial charge on any atom is -0.510 e. The van der Waals surface area contributed by atoms with E-state index in [0.717, 1.165) is 12.1 Å². The third-order valence-corrected chi connectivity index (χ3v) is 10.2. The van der Waals surface area contributed by atoms with Gasteiger partial charge in [0.2, 0.25) is 0 Å². The van der Waals surface area contributed by atoms with Crippen molar-refractivity contribution in [1.82, 2.24) is 9.80 Å². The Morgan fingerprint density at radius 1 is 1.11 bits per heavy atom. The molecule has 0 saturated heterocycles. The maximum Gasteiger partial charge on any atom is 0.254 e. The SMILES string of the molecule is COC1=C2C(=O)c3c(O)cc(CN(C)CC4CCCCC4)c(OC)c3C[C@H]2CC2C(N(C)C)C(O)=C(C(N)=O)C(=N)[C@@]12OC. The van der Waals surface area contributed by atoms with Crippen LogP contribution in [0.3, 0.4) is 0 Å². The molecule has 2 unspecified atom stereocenters. The van der Waals surface area contributed by atoms with E-state index in [2.05, 4.69) is 11.9 Å². The zero-order chi connectivity index (χ0) is 32.1. The van der Waals surface area contributed by atoms with Gasteiger partial charge in [0.25, 0.3) is 5.91 Å². The third-order valence-electron chi connectivity index (χ3n) is 10.2. The van der Waals surface area contributed by atoms with Crippen LogP contribution in [0.1, 0.15) is 60.0 Å². The summed E-state index contributed by atoms with van der Waals surface area (Å²) in [6.07, 6.45) is 6.99. The van der Waals surface area contributed by atoms with Crippen molar-refractivity contribution in [3.05, 3.63) is 45.4 Å². The number of aliphatic hydroxyl groups excluding tert-OH is 1. The van der Waals surface area contributed by atoms with Gasteiger partial charge in [0.15, 0.2) is 11.4 Å². The highest BCUT2D eigenvalue weighted by Crippen LogP contribution is 2.55. The zero-order valence-corrected chi connectivity index (χ0v) is 26.7. The van der Waals surface area contributed by atoms with Crippen LogP contribution in [0, 0.1) is 23.2 Å². The molecule has 1 aromatic carbocycles. The highest BCUT2D eigenvalue weighted by Gasteiger charge is 2.63. The molecule has 0 aromatic heterocycles. The Morgan fingerprint density at radius 3 is 2.36 bits per heavy atom. The van der Waals surface area contributed by atoms with Gasteiger partial charge < -0.3 is 40.5 Å². The van der Waals surface area contributed by atoms with Crippen LogP contribution in [0.2, 0.25) is 0 Å². The second-order valence-electron chi connectivity index (χ2n) is 13.0. The van der Waals surface area contributed by atoms with Gasteiger partial charge in [-0.15, -0.1) is 0 Å². The Labute approximate surface area is 259 Å². The summed E-state index contributed by atoms with van der Waals surface area (Å²) in [6, 6.07) is 0.874. The molecule has 11 nitrogen and oxygen atoms in total. The summed E-state index contributed by atoms with van der Waals surface area (Å²) in [5.41, 5.74) is 5.16. The lowest BCUT2D eigenvalue weighted by molar-refractivity contribution is -0.115. The fourth-order valence-electron chi connectivity index (χ4n) is 8.51. The Balaban J connectivity index is 1.62. The number of phenolic OH excluding ortho intramolecular Hbond substituents is 1. The summed E-state index contributed by atoms with van der Waals surface area (Å²) < 4.78 is 17.9. The summed E-state index contributed by atoms with van der Waals surface area (Å²) in [5.74, 6) is -1.50. The van der Waals surface area contributed by atoms with Crippen molar-refractivity contribution in [2.75, 3.05) is 49.0 Å². The molecule has 0 spiro atoms.